The van der Waals surface area contributed by atoms with E-state index in [0.717, 1.165) is 36.5 Å². The molecule has 140 valence electrons. The van der Waals surface area contributed by atoms with Gasteiger partial charge >= 0.3 is 0 Å². The molecular weight excluding hydrogens is 352 g/mol. The lowest BCUT2D eigenvalue weighted by atomic mass is 10.1. The Kier molecular flexibility index (Phi) is 5.44. The Balaban J connectivity index is 1.53. The number of aryl methyl sites for hydroxylation is 1. The maximum absolute atomic E-state index is 13.0. The van der Waals surface area contributed by atoms with Crippen LogP contribution in [0.4, 0.5) is 11.4 Å². The lowest BCUT2D eigenvalue weighted by molar-refractivity contribution is 0.103. The third-order valence-electron chi connectivity index (χ3n) is 5.25. The molecule has 0 saturated carbocycles. The van der Waals surface area contributed by atoms with Gasteiger partial charge in [0, 0.05) is 29.2 Å². The predicted molar refractivity (Wildman–Crippen MR) is 116 cm³/mol. The maximum atomic E-state index is 13.0. The first kappa shape index (κ1) is 18.1. The molecule has 1 aliphatic rings. The average molecular weight is 379 g/mol. The van der Waals surface area contributed by atoms with Crippen LogP contribution < -0.4 is 10.2 Å². The highest BCUT2D eigenvalue weighted by atomic mass is 32.1. The zero-order valence-corrected chi connectivity index (χ0v) is 16.6. The molecule has 1 amide bonds. The molecule has 0 radical (unpaired) electrons. The van der Waals surface area contributed by atoms with Gasteiger partial charge in [0.15, 0.2) is 0 Å². The summed E-state index contributed by atoms with van der Waals surface area (Å²) in [5, 5.41) is 4.32. The number of nitrogens with one attached hydrogen (secondary N) is 1. The summed E-state index contributed by atoms with van der Waals surface area (Å²) in [6.45, 7) is 4.43. The van der Waals surface area contributed by atoms with Crippen molar-refractivity contribution in [1.29, 1.82) is 0 Å². The molecule has 0 bridgehead atoms. The van der Waals surface area contributed by atoms with Crippen molar-refractivity contribution in [2.75, 3.05) is 23.3 Å². The van der Waals surface area contributed by atoms with Gasteiger partial charge in [0.1, 0.15) is 0 Å². The normalized spacial score (nSPS) is 14.5. The van der Waals surface area contributed by atoms with Gasteiger partial charge in [-0.15, -0.1) is 11.3 Å². The quantitative estimate of drug-likeness (QED) is 0.582. The van der Waals surface area contributed by atoms with Crippen LogP contribution in [0.25, 0.3) is 10.1 Å². The van der Waals surface area contributed by atoms with Crippen LogP contribution in [0.5, 0.6) is 0 Å². The lowest BCUT2D eigenvalue weighted by Crippen LogP contribution is -2.29. The molecule has 2 aromatic carbocycles. The van der Waals surface area contributed by atoms with Crippen LogP contribution in [0.2, 0.25) is 0 Å². The van der Waals surface area contributed by atoms with Gasteiger partial charge in [0.25, 0.3) is 5.91 Å². The second-order valence-electron chi connectivity index (χ2n) is 7.20. The zero-order valence-electron chi connectivity index (χ0n) is 15.8. The van der Waals surface area contributed by atoms with Crippen molar-refractivity contribution in [3.8, 4) is 0 Å². The highest BCUT2D eigenvalue weighted by Crippen LogP contribution is 2.33. The van der Waals surface area contributed by atoms with Crippen LogP contribution in [0.15, 0.2) is 48.5 Å². The fourth-order valence-corrected chi connectivity index (χ4v) is 5.02. The van der Waals surface area contributed by atoms with Crippen molar-refractivity contribution in [1.82, 2.24) is 0 Å². The van der Waals surface area contributed by atoms with Crippen LogP contribution in [0, 0.1) is 0 Å². The van der Waals surface area contributed by atoms with E-state index in [1.807, 2.05) is 18.2 Å². The Morgan fingerprint density at radius 1 is 1.04 bits per heavy atom. The van der Waals surface area contributed by atoms with Crippen molar-refractivity contribution < 1.29 is 4.79 Å². The minimum absolute atomic E-state index is 0.00497. The number of carbonyl (C=O) groups excluding carboxylic acids is 1. The van der Waals surface area contributed by atoms with Gasteiger partial charge in [-0.25, -0.2) is 0 Å². The molecular formula is C23H26N2OS. The zero-order chi connectivity index (χ0) is 18.6. The third kappa shape index (κ3) is 3.86. The number of anilines is 2. The molecule has 4 heteroatoms. The van der Waals surface area contributed by atoms with Crippen LogP contribution in [-0.2, 0) is 6.42 Å². The van der Waals surface area contributed by atoms with E-state index < -0.39 is 0 Å². The van der Waals surface area contributed by atoms with Gasteiger partial charge in [0.05, 0.1) is 4.88 Å². The van der Waals surface area contributed by atoms with Gasteiger partial charge in [-0.05, 0) is 67.0 Å². The first-order valence-corrected chi connectivity index (χ1v) is 10.7. The number of thiophene rings is 1. The molecule has 2 heterocycles. The van der Waals surface area contributed by atoms with E-state index in [9.17, 15) is 4.79 Å². The number of amides is 1. The number of fused-ring (bicyclic) bond motifs is 1. The lowest BCUT2D eigenvalue weighted by Gasteiger charge is -2.28. The maximum Gasteiger partial charge on any atom is 0.266 e. The largest absolute Gasteiger partial charge is 0.372 e. The van der Waals surface area contributed by atoms with E-state index in [1.165, 1.54) is 40.6 Å². The summed E-state index contributed by atoms with van der Waals surface area (Å²) >= 11 is 1.60. The number of benzene rings is 2. The van der Waals surface area contributed by atoms with Crippen molar-refractivity contribution in [2.24, 2.45) is 0 Å². The number of piperidine rings is 1. The molecule has 0 aliphatic carbocycles. The molecule has 27 heavy (non-hydrogen) atoms. The second-order valence-corrected chi connectivity index (χ2v) is 8.26. The van der Waals surface area contributed by atoms with Crippen LogP contribution in [0.1, 0.15) is 47.8 Å². The molecule has 0 atom stereocenters. The molecule has 1 fully saturated rings. The second kappa shape index (κ2) is 8.13. The van der Waals surface area contributed by atoms with Crippen molar-refractivity contribution >= 4 is 38.7 Å². The fourth-order valence-electron chi connectivity index (χ4n) is 3.88. The topological polar surface area (TPSA) is 32.3 Å². The summed E-state index contributed by atoms with van der Waals surface area (Å²) in [6.07, 6.45) is 5.83. The highest BCUT2D eigenvalue weighted by Gasteiger charge is 2.18. The smallest absolute Gasteiger partial charge is 0.266 e. The van der Waals surface area contributed by atoms with Gasteiger partial charge in [-0.2, -0.15) is 0 Å². The number of nitrogens with zero attached hydrogens (tertiary/aromatic N) is 1. The first-order chi connectivity index (χ1) is 13.3. The highest BCUT2D eigenvalue weighted by molar-refractivity contribution is 7.21. The minimum Gasteiger partial charge on any atom is -0.372 e. The SMILES string of the molecule is CCCc1c(C(=O)Nc2ccc(N3CCCCC3)cc2)sc2ccccc12. The number of hydrogen-bond acceptors (Lipinski definition) is 3. The predicted octanol–water partition coefficient (Wildman–Crippen LogP) is 6.10. The Morgan fingerprint density at radius 2 is 1.78 bits per heavy atom. The van der Waals surface area contributed by atoms with E-state index in [1.54, 1.807) is 11.3 Å². The number of hydrogen-bond donors (Lipinski definition) is 1. The standard InChI is InChI=1S/C23H26N2OS/c1-2-8-20-19-9-4-5-10-21(19)27-22(20)23(26)24-17-11-13-18(14-12-17)25-15-6-3-7-16-25/h4-5,9-14H,2-3,6-8,15-16H2,1H3,(H,24,26). The Morgan fingerprint density at radius 3 is 2.52 bits per heavy atom. The van der Waals surface area contributed by atoms with Crippen LogP contribution in [0.3, 0.4) is 0 Å². The first-order valence-electron chi connectivity index (χ1n) is 9.93. The minimum atomic E-state index is 0.00497. The van der Waals surface area contributed by atoms with Crippen LogP contribution >= 0.6 is 11.3 Å². The monoisotopic (exact) mass is 378 g/mol. The van der Waals surface area contributed by atoms with E-state index >= 15 is 0 Å². The molecule has 1 aromatic heterocycles. The number of rotatable bonds is 5. The molecule has 0 unspecified atom stereocenters. The Labute approximate surface area is 165 Å². The van der Waals surface area contributed by atoms with E-state index in [4.69, 9.17) is 0 Å². The summed E-state index contributed by atoms with van der Waals surface area (Å²) in [5.41, 5.74) is 3.29. The van der Waals surface area contributed by atoms with Crippen molar-refractivity contribution in [3.63, 3.8) is 0 Å². The third-order valence-corrected chi connectivity index (χ3v) is 6.46. The Hall–Kier alpha value is -2.33. The summed E-state index contributed by atoms with van der Waals surface area (Å²) in [5.74, 6) is 0.00497. The van der Waals surface area contributed by atoms with Gasteiger partial charge in [-0.1, -0.05) is 31.5 Å². The molecule has 1 aliphatic heterocycles. The Bertz CT molecular complexity index is 923. The van der Waals surface area contributed by atoms with Crippen LogP contribution in [-0.4, -0.2) is 19.0 Å². The summed E-state index contributed by atoms with van der Waals surface area (Å²) in [6, 6.07) is 16.6. The number of carbonyl (C=O) groups is 1. The molecule has 1 N–H and O–H groups in total. The average Bonchev–Trinajstić information content (AvgIpc) is 3.08. The van der Waals surface area contributed by atoms with E-state index in [0.29, 0.717) is 0 Å². The van der Waals surface area contributed by atoms with Crippen molar-refractivity contribution in [2.45, 2.75) is 39.0 Å². The molecule has 1 saturated heterocycles. The van der Waals surface area contributed by atoms with Gasteiger partial charge in [-0.3, -0.25) is 4.79 Å². The van der Waals surface area contributed by atoms with E-state index in [-0.39, 0.29) is 5.91 Å². The summed E-state index contributed by atoms with van der Waals surface area (Å²) in [7, 11) is 0. The van der Waals surface area contributed by atoms with Crippen molar-refractivity contribution in [3.05, 3.63) is 59.0 Å². The van der Waals surface area contributed by atoms with Gasteiger partial charge in [0.2, 0.25) is 0 Å². The molecule has 0 spiro atoms. The molecule has 3 nitrogen and oxygen atoms in total. The summed E-state index contributed by atoms with van der Waals surface area (Å²) < 4.78 is 1.19. The molecule has 3 aromatic rings. The summed E-state index contributed by atoms with van der Waals surface area (Å²) in [4.78, 5) is 16.2. The molecule has 4 rings (SSSR count). The fraction of sp³-hybridized carbons (Fsp3) is 0.348. The van der Waals surface area contributed by atoms with E-state index in [2.05, 4.69) is 47.5 Å². The van der Waals surface area contributed by atoms with Gasteiger partial charge < -0.3 is 10.2 Å².